The molecule has 0 aromatic rings. The smallest absolute Gasteiger partial charge is 0.384 e. The summed E-state index contributed by atoms with van der Waals surface area (Å²) >= 11 is 0. The van der Waals surface area contributed by atoms with Gasteiger partial charge < -0.3 is 10.2 Å². The number of unbranched alkanes of at least 4 members (excludes halogenated alkanes) is 11. The summed E-state index contributed by atoms with van der Waals surface area (Å²) in [5.41, 5.74) is 3.70. The molecule has 2 atom stereocenters. The molecule has 26 heavy (non-hydrogen) atoms. The fourth-order valence-corrected chi connectivity index (χ4v) is 4.84. The Bertz CT molecular complexity index is 504. The SMILES string of the molecule is CCCCCCCCCCCCC/C=C/[C@@H](O)[C@]1(N)OP2(=O)OC1(O)O2. The maximum absolute atomic E-state index is 11.6. The van der Waals surface area contributed by atoms with Gasteiger partial charge in [-0.05, 0) is 12.8 Å². The van der Waals surface area contributed by atoms with Crippen molar-refractivity contribution >= 4 is 7.82 Å². The van der Waals surface area contributed by atoms with Crippen molar-refractivity contribution in [3.05, 3.63) is 12.2 Å². The number of aliphatic hydroxyl groups excluding tert-OH is 1. The first-order valence-corrected chi connectivity index (χ1v) is 11.4. The van der Waals surface area contributed by atoms with E-state index in [4.69, 9.17) is 10.3 Å². The van der Waals surface area contributed by atoms with Gasteiger partial charge in [0.05, 0.1) is 0 Å². The molecule has 0 aromatic carbocycles. The highest BCUT2D eigenvalue weighted by Gasteiger charge is 2.80. The van der Waals surface area contributed by atoms with Crippen molar-refractivity contribution in [2.24, 2.45) is 5.73 Å². The molecule has 3 fully saturated rings. The highest BCUT2D eigenvalue weighted by Crippen LogP contribution is 2.76. The highest BCUT2D eigenvalue weighted by molar-refractivity contribution is 7.50. The molecule has 0 radical (unpaired) electrons. The van der Waals surface area contributed by atoms with Crippen molar-refractivity contribution in [1.82, 2.24) is 0 Å². The van der Waals surface area contributed by atoms with Crippen molar-refractivity contribution in [2.75, 3.05) is 0 Å². The minimum atomic E-state index is -3.78. The number of rotatable bonds is 14. The third-order valence-electron chi connectivity index (χ3n) is 4.96. The van der Waals surface area contributed by atoms with E-state index >= 15 is 0 Å². The molecule has 3 rings (SSSR count). The molecule has 152 valence electrons. The second kappa shape index (κ2) is 9.78. The van der Waals surface area contributed by atoms with Gasteiger partial charge in [-0.25, -0.2) is 13.6 Å². The van der Waals surface area contributed by atoms with Crippen LogP contribution in [0.3, 0.4) is 0 Å². The summed E-state index contributed by atoms with van der Waals surface area (Å²) in [5.74, 6) is -2.34. The van der Waals surface area contributed by atoms with E-state index in [-0.39, 0.29) is 0 Å². The lowest BCUT2D eigenvalue weighted by Crippen LogP contribution is -2.65. The molecule has 0 unspecified atom stereocenters. The second-order valence-electron chi connectivity index (χ2n) is 7.29. The zero-order valence-corrected chi connectivity index (χ0v) is 16.7. The Morgan fingerprint density at radius 1 is 0.962 bits per heavy atom. The quantitative estimate of drug-likeness (QED) is 0.232. The van der Waals surface area contributed by atoms with Gasteiger partial charge in [-0.3, -0.25) is 10.3 Å². The summed E-state index contributed by atoms with van der Waals surface area (Å²) in [6.07, 6.45) is 16.7. The van der Waals surface area contributed by atoms with E-state index < -0.39 is 25.6 Å². The Labute approximate surface area is 156 Å². The third-order valence-corrected chi connectivity index (χ3v) is 6.43. The van der Waals surface area contributed by atoms with Crippen LogP contribution in [0.4, 0.5) is 0 Å². The van der Waals surface area contributed by atoms with E-state index in [9.17, 15) is 14.8 Å². The fraction of sp³-hybridized carbons (Fsp3) is 0.889. The number of phosphoric ester groups is 1. The van der Waals surface area contributed by atoms with Gasteiger partial charge in [0, 0.05) is 0 Å². The largest absolute Gasteiger partial charge is 0.486 e. The Morgan fingerprint density at radius 3 is 1.92 bits per heavy atom. The first kappa shape index (κ1) is 22.0. The van der Waals surface area contributed by atoms with Gasteiger partial charge in [0.25, 0.3) is 0 Å². The van der Waals surface area contributed by atoms with Crippen molar-refractivity contribution in [3.8, 4) is 0 Å². The molecule has 0 aliphatic carbocycles. The van der Waals surface area contributed by atoms with Crippen LogP contribution in [0, 0.1) is 0 Å². The predicted octanol–water partition coefficient (Wildman–Crippen LogP) is 4.09. The normalized spacial score (nSPS) is 34.3. The summed E-state index contributed by atoms with van der Waals surface area (Å²) in [6.45, 7) is 2.24. The fourth-order valence-electron chi connectivity index (χ4n) is 3.27. The molecular formula is C18H34NO6P. The summed E-state index contributed by atoms with van der Waals surface area (Å²) in [5, 5.41) is 19.9. The molecule has 3 aliphatic rings. The minimum Gasteiger partial charge on any atom is -0.384 e. The lowest BCUT2D eigenvalue weighted by molar-refractivity contribution is -0.357. The second-order valence-corrected chi connectivity index (χ2v) is 8.74. The molecular weight excluding hydrogens is 357 g/mol. The molecule has 0 amide bonds. The molecule has 3 heterocycles. The standard InChI is InChI=1S/C18H34NO6P/c1-2-3-4-5-6-7-8-9-10-11-12-13-14-15-16(20)17(19)18(21)24-26(22,23-17)25-18/h14-16,20-21H,2-13,19H2,1H3/b15-14+/t16-,17+,18?,26?/m1/s1. The van der Waals surface area contributed by atoms with Crippen LogP contribution in [0.25, 0.3) is 0 Å². The average molecular weight is 391 g/mol. The molecule has 0 spiro atoms. The monoisotopic (exact) mass is 391 g/mol. The predicted molar refractivity (Wildman–Crippen MR) is 99.0 cm³/mol. The number of hydrogen-bond donors (Lipinski definition) is 3. The van der Waals surface area contributed by atoms with Gasteiger partial charge >= 0.3 is 13.8 Å². The molecule has 7 nitrogen and oxygen atoms in total. The van der Waals surface area contributed by atoms with Gasteiger partial charge in [0.2, 0.25) is 5.72 Å². The van der Waals surface area contributed by atoms with E-state index in [0.717, 1.165) is 19.3 Å². The van der Waals surface area contributed by atoms with Crippen LogP contribution < -0.4 is 5.73 Å². The van der Waals surface area contributed by atoms with Gasteiger partial charge in [-0.15, -0.1) is 0 Å². The van der Waals surface area contributed by atoms with Crippen molar-refractivity contribution in [2.45, 2.75) is 102 Å². The molecule has 0 aromatic heterocycles. The van der Waals surface area contributed by atoms with Gasteiger partial charge in [-0.1, -0.05) is 83.3 Å². The lowest BCUT2D eigenvalue weighted by Gasteiger charge is -2.35. The Kier molecular flexibility index (Phi) is 8.29. The maximum atomic E-state index is 11.6. The third kappa shape index (κ3) is 5.38. The van der Waals surface area contributed by atoms with Crippen molar-refractivity contribution in [1.29, 1.82) is 0 Å². The number of allylic oxidation sites excluding steroid dienone is 1. The summed E-state index contributed by atoms with van der Waals surface area (Å²) in [7, 11) is -3.78. The van der Waals surface area contributed by atoms with Gasteiger partial charge in [0.1, 0.15) is 6.10 Å². The Balaban J connectivity index is 1.48. The van der Waals surface area contributed by atoms with E-state index in [1.807, 2.05) is 0 Å². The van der Waals surface area contributed by atoms with E-state index in [0.29, 0.717) is 0 Å². The van der Waals surface area contributed by atoms with Crippen LogP contribution in [-0.2, 0) is 18.1 Å². The van der Waals surface area contributed by atoms with Crippen LogP contribution in [0.1, 0.15) is 84.0 Å². The van der Waals surface area contributed by atoms with Crippen LogP contribution in [0.15, 0.2) is 12.2 Å². The zero-order valence-electron chi connectivity index (χ0n) is 15.8. The van der Waals surface area contributed by atoms with Crippen LogP contribution in [0.2, 0.25) is 0 Å². The van der Waals surface area contributed by atoms with Crippen LogP contribution >= 0.6 is 7.82 Å². The topological polar surface area (TPSA) is 111 Å². The van der Waals surface area contributed by atoms with Gasteiger partial charge in [0.15, 0.2) is 0 Å². The molecule has 8 heteroatoms. The zero-order chi connectivity index (χ0) is 19.1. The Morgan fingerprint density at radius 2 is 1.46 bits per heavy atom. The van der Waals surface area contributed by atoms with E-state index in [1.165, 1.54) is 63.9 Å². The van der Waals surface area contributed by atoms with Crippen molar-refractivity contribution < 1.29 is 28.3 Å². The number of fused-ring (bicyclic) bond motifs is 1. The maximum Gasteiger partial charge on any atom is 0.486 e. The van der Waals surface area contributed by atoms with E-state index in [1.54, 1.807) is 6.08 Å². The molecule has 4 N–H and O–H groups in total. The van der Waals surface area contributed by atoms with Gasteiger partial charge in [-0.2, -0.15) is 0 Å². The van der Waals surface area contributed by atoms with E-state index in [2.05, 4.69) is 16.0 Å². The number of nitrogens with two attached hydrogens (primary N) is 1. The molecule has 3 saturated heterocycles. The van der Waals surface area contributed by atoms with Crippen LogP contribution in [-0.4, -0.2) is 28.0 Å². The highest BCUT2D eigenvalue weighted by atomic mass is 31.2. The molecule has 0 saturated carbocycles. The summed E-state index contributed by atoms with van der Waals surface area (Å²) in [4.78, 5) is 0. The first-order valence-electron chi connectivity index (χ1n) is 9.93. The number of phosphoric acid groups is 1. The lowest BCUT2D eigenvalue weighted by atomic mass is 10.0. The van der Waals surface area contributed by atoms with Crippen molar-refractivity contribution in [3.63, 3.8) is 0 Å². The number of hydrogen-bond acceptors (Lipinski definition) is 7. The van der Waals surface area contributed by atoms with Crippen LogP contribution in [0.5, 0.6) is 0 Å². The minimum absolute atomic E-state index is 0.794. The number of aliphatic hydroxyl groups is 2. The molecule has 2 bridgehead atoms. The summed E-state index contributed by atoms with van der Waals surface area (Å²) in [6, 6.07) is 0. The first-order chi connectivity index (χ1) is 12.4. The Hall–Kier alpha value is -0.270. The average Bonchev–Trinajstić information content (AvgIpc) is 2.90. The molecule has 3 aliphatic heterocycles. The summed E-state index contributed by atoms with van der Waals surface area (Å²) < 4.78 is 25.7.